The number of aromatic carboxylic acids is 1. The van der Waals surface area contributed by atoms with Crippen LogP contribution in [-0.2, 0) is 9.53 Å². The molecule has 0 aromatic carbocycles. The standard InChI is InChI=1S/C14H19N3O4/c1-10-8-11(14(19)20)9-12(16-10)15-3-2-13(18)17-4-6-21-7-5-17/h8-9H,2-7H2,1H3,(H,15,16)(H,19,20). The van der Waals surface area contributed by atoms with Crippen LogP contribution in [0.4, 0.5) is 5.82 Å². The molecule has 1 saturated heterocycles. The second-order valence-corrected chi connectivity index (χ2v) is 4.86. The van der Waals surface area contributed by atoms with Crippen molar-refractivity contribution in [2.75, 3.05) is 38.2 Å². The first-order valence-corrected chi connectivity index (χ1v) is 6.87. The minimum Gasteiger partial charge on any atom is -0.478 e. The fourth-order valence-corrected chi connectivity index (χ4v) is 2.15. The number of carboxylic acids is 1. The van der Waals surface area contributed by atoms with Crippen molar-refractivity contribution in [1.82, 2.24) is 9.88 Å². The summed E-state index contributed by atoms with van der Waals surface area (Å²) in [5.41, 5.74) is 0.807. The number of carbonyl (C=O) groups is 2. The van der Waals surface area contributed by atoms with E-state index in [9.17, 15) is 9.59 Å². The van der Waals surface area contributed by atoms with E-state index in [1.165, 1.54) is 12.1 Å². The van der Waals surface area contributed by atoms with Gasteiger partial charge in [0.1, 0.15) is 5.82 Å². The lowest BCUT2D eigenvalue weighted by Crippen LogP contribution is -2.41. The van der Waals surface area contributed by atoms with Gasteiger partial charge in [-0.25, -0.2) is 9.78 Å². The number of ether oxygens (including phenoxy) is 1. The quantitative estimate of drug-likeness (QED) is 0.832. The predicted molar refractivity (Wildman–Crippen MR) is 76.4 cm³/mol. The van der Waals surface area contributed by atoms with Crippen molar-refractivity contribution >= 4 is 17.7 Å². The fraction of sp³-hybridized carbons (Fsp3) is 0.500. The van der Waals surface area contributed by atoms with Crippen LogP contribution in [0.3, 0.4) is 0 Å². The highest BCUT2D eigenvalue weighted by atomic mass is 16.5. The van der Waals surface area contributed by atoms with Gasteiger partial charge in [0.25, 0.3) is 0 Å². The molecule has 1 aromatic rings. The Morgan fingerprint density at radius 3 is 2.76 bits per heavy atom. The van der Waals surface area contributed by atoms with Gasteiger partial charge in [0.2, 0.25) is 5.91 Å². The highest BCUT2D eigenvalue weighted by molar-refractivity contribution is 5.88. The minimum atomic E-state index is -0.993. The molecule has 1 aromatic heterocycles. The third-order valence-corrected chi connectivity index (χ3v) is 3.21. The van der Waals surface area contributed by atoms with Crippen LogP contribution in [0, 0.1) is 6.92 Å². The summed E-state index contributed by atoms with van der Waals surface area (Å²) in [6.07, 6.45) is 0.345. The largest absolute Gasteiger partial charge is 0.478 e. The van der Waals surface area contributed by atoms with Crippen LogP contribution >= 0.6 is 0 Å². The predicted octanol–water partition coefficient (Wildman–Crippen LogP) is 0.749. The van der Waals surface area contributed by atoms with Crippen LogP contribution in [0.5, 0.6) is 0 Å². The molecule has 114 valence electrons. The Kier molecular flexibility index (Phi) is 5.10. The molecular formula is C14H19N3O4. The Labute approximate surface area is 122 Å². The number of hydrogen-bond donors (Lipinski definition) is 2. The fourth-order valence-electron chi connectivity index (χ4n) is 2.15. The van der Waals surface area contributed by atoms with Crippen molar-refractivity contribution < 1.29 is 19.4 Å². The van der Waals surface area contributed by atoms with Crippen molar-refractivity contribution in [1.29, 1.82) is 0 Å². The number of pyridine rings is 1. The third-order valence-electron chi connectivity index (χ3n) is 3.21. The maximum atomic E-state index is 11.9. The average Bonchev–Trinajstić information content (AvgIpc) is 2.47. The first-order chi connectivity index (χ1) is 10.1. The average molecular weight is 293 g/mol. The molecule has 0 unspecified atom stereocenters. The molecule has 2 heterocycles. The number of carboxylic acid groups (broad SMARTS) is 1. The van der Waals surface area contributed by atoms with E-state index in [1.54, 1.807) is 11.8 Å². The highest BCUT2D eigenvalue weighted by Gasteiger charge is 2.16. The smallest absolute Gasteiger partial charge is 0.335 e. The van der Waals surface area contributed by atoms with Crippen molar-refractivity contribution in [2.24, 2.45) is 0 Å². The monoisotopic (exact) mass is 293 g/mol. The van der Waals surface area contributed by atoms with Gasteiger partial charge in [0.05, 0.1) is 18.8 Å². The summed E-state index contributed by atoms with van der Waals surface area (Å²) in [6.45, 7) is 4.58. The van der Waals surface area contributed by atoms with Crippen LogP contribution in [-0.4, -0.2) is 59.7 Å². The van der Waals surface area contributed by atoms with Crippen molar-refractivity contribution in [3.05, 3.63) is 23.4 Å². The zero-order valence-corrected chi connectivity index (χ0v) is 12.0. The van der Waals surface area contributed by atoms with Gasteiger partial charge in [-0.1, -0.05) is 0 Å². The Bertz CT molecular complexity index is 527. The molecule has 2 rings (SSSR count). The van der Waals surface area contributed by atoms with E-state index in [-0.39, 0.29) is 11.5 Å². The van der Waals surface area contributed by atoms with E-state index in [1.807, 2.05) is 0 Å². The van der Waals surface area contributed by atoms with Gasteiger partial charge < -0.3 is 20.1 Å². The molecule has 0 bridgehead atoms. The molecule has 1 aliphatic rings. The van der Waals surface area contributed by atoms with Crippen LogP contribution in [0.25, 0.3) is 0 Å². The van der Waals surface area contributed by atoms with E-state index in [0.717, 1.165) is 0 Å². The highest BCUT2D eigenvalue weighted by Crippen LogP contribution is 2.10. The summed E-state index contributed by atoms with van der Waals surface area (Å²) in [4.78, 5) is 28.9. The molecule has 0 radical (unpaired) electrons. The summed E-state index contributed by atoms with van der Waals surface area (Å²) >= 11 is 0. The lowest BCUT2D eigenvalue weighted by Gasteiger charge is -2.26. The first kappa shape index (κ1) is 15.2. The normalized spacial score (nSPS) is 14.8. The number of hydrogen-bond acceptors (Lipinski definition) is 5. The summed E-state index contributed by atoms with van der Waals surface area (Å²) < 4.78 is 5.20. The van der Waals surface area contributed by atoms with Crippen molar-refractivity contribution in [3.8, 4) is 0 Å². The number of nitrogens with zero attached hydrogens (tertiary/aromatic N) is 2. The molecule has 0 aliphatic carbocycles. The topological polar surface area (TPSA) is 91.8 Å². The summed E-state index contributed by atoms with van der Waals surface area (Å²) in [7, 11) is 0. The van der Waals surface area contributed by atoms with E-state index in [0.29, 0.717) is 50.8 Å². The molecule has 21 heavy (non-hydrogen) atoms. The molecule has 1 aliphatic heterocycles. The summed E-state index contributed by atoms with van der Waals surface area (Å²) in [5.74, 6) is -0.452. The second-order valence-electron chi connectivity index (χ2n) is 4.86. The van der Waals surface area contributed by atoms with E-state index < -0.39 is 5.97 Å². The van der Waals surface area contributed by atoms with Gasteiger partial charge >= 0.3 is 5.97 Å². The van der Waals surface area contributed by atoms with Crippen molar-refractivity contribution in [3.63, 3.8) is 0 Å². The second kappa shape index (κ2) is 7.03. The molecule has 1 amide bonds. The van der Waals surface area contributed by atoms with Crippen LogP contribution in [0.15, 0.2) is 12.1 Å². The Morgan fingerprint density at radius 1 is 1.38 bits per heavy atom. The zero-order chi connectivity index (χ0) is 15.2. The van der Waals surface area contributed by atoms with Gasteiger partial charge in [-0.2, -0.15) is 0 Å². The number of aromatic nitrogens is 1. The van der Waals surface area contributed by atoms with E-state index >= 15 is 0 Å². The Balaban J connectivity index is 1.85. The molecule has 0 spiro atoms. The van der Waals surface area contributed by atoms with E-state index in [4.69, 9.17) is 9.84 Å². The number of aryl methyl sites for hydroxylation is 1. The number of anilines is 1. The maximum Gasteiger partial charge on any atom is 0.335 e. The zero-order valence-electron chi connectivity index (χ0n) is 12.0. The number of nitrogens with one attached hydrogen (secondary N) is 1. The number of morpholine rings is 1. The minimum absolute atomic E-state index is 0.0666. The lowest BCUT2D eigenvalue weighted by atomic mass is 10.2. The lowest BCUT2D eigenvalue weighted by molar-refractivity contribution is -0.134. The first-order valence-electron chi connectivity index (χ1n) is 6.87. The molecular weight excluding hydrogens is 274 g/mol. The van der Waals surface area contributed by atoms with E-state index in [2.05, 4.69) is 10.3 Å². The van der Waals surface area contributed by atoms with Gasteiger partial charge in [-0.15, -0.1) is 0 Å². The number of rotatable bonds is 5. The number of carbonyl (C=O) groups excluding carboxylic acids is 1. The van der Waals surface area contributed by atoms with Crippen LogP contribution in [0.1, 0.15) is 22.5 Å². The molecule has 7 nitrogen and oxygen atoms in total. The van der Waals surface area contributed by atoms with Gasteiger partial charge in [-0.05, 0) is 19.1 Å². The van der Waals surface area contributed by atoms with Gasteiger partial charge in [0, 0.05) is 31.7 Å². The Morgan fingerprint density at radius 2 is 2.10 bits per heavy atom. The van der Waals surface area contributed by atoms with Crippen molar-refractivity contribution in [2.45, 2.75) is 13.3 Å². The Hall–Kier alpha value is -2.15. The summed E-state index contributed by atoms with van der Waals surface area (Å²) in [6, 6.07) is 2.97. The molecule has 2 N–H and O–H groups in total. The maximum absolute atomic E-state index is 11.9. The number of amides is 1. The SMILES string of the molecule is Cc1cc(C(=O)O)cc(NCCC(=O)N2CCOCC2)n1. The molecule has 1 fully saturated rings. The molecule has 0 atom stereocenters. The van der Waals surface area contributed by atoms with Gasteiger partial charge in [0.15, 0.2) is 0 Å². The van der Waals surface area contributed by atoms with Crippen LogP contribution in [0.2, 0.25) is 0 Å². The van der Waals surface area contributed by atoms with Gasteiger partial charge in [-0.3, -0.25) is 4.79 Å². The van der Waals surface area contributed by atoms with Crippen LogP contribution < -0.4 is 5.32 Å². The third kappa shape index (κ3) is 4.42. The summed E-state index contributed by atoms with van der Waals surface area (Å²) in [5, 5.41) is 12.0. The molecule has 0 saturated carbocycles. The molecule has 7 heteroatoms.